The topological polar surface area (TPSA) is 58.4 Å². The molecular weight excluding hydrogens is 260 g/mol. The lowest BCUT2D eigenvalue weighted by Crippen LogP contribution is -2.34. The Bertz CT molecular complexity index is 558. The number of nitrogens with zero attached hydrogens (tertiary/aromatic N) is 2. The molecule has 0 aromatic carbocycles. The Balaban J connectivity index is 1.78. The largest absolute Gasteiger partial charge is 0.355 e. The summed E-state index contributed by atoms with van der Waals surface area (Å²) >= 11 is 1.64. The third kappa shape index (κ3) is 3.33. The van der Waals surface area contributed by atoms with Gasteiger partial charge in [-0.2, -0.15) is 0 Å². The molecule has 0 radical (unpaired) electrons. The third-order valence-electron chi connectivity index (χ3n) is 2.98. The van der Waals surface area contributed by atoms with Crippen LogP contribution in [0.1, 0.15) is 25.2 Å². The maximum absolute atomic E-state index is 11.4. The number of rotatable bonds is 6. The van der Waals surface area contributed by atoms with E-state index in [4.69, 9.17) is 0 Å². The smallest absolute Gasteiger partial charge is 0.222 e. The second-order valence-corrected chi connectivity index (χ2v) is 5.70. The summed E-state index contributed by atoms with van der Waals surface area (Å²) in [7, 11) is 0. The van der Waals surface area contributed by atoms with E-state index in [-0.39, 0.29) is 11.8 Å². The highest BCUT2D eigenvalue weighted by Gasteiger charge is 2.09. The van der Waals surface area contributed by atoms with Gasteiger partial charge in [-0.1, -0.05) is 13.8 Å². The fourth-order valence-electron chi connectivity index (χ4n) is 1.84. The van der Waals surface area contributed by atoms with E-state index < -0.39 is 0 Å². The van der Waals surface area contributed by atoms with Gasteiger partial charge >= 0.3 is 0 Å². The molecule has 0 saturated carbocycles. The van der Waals surface area contributed by atoms with E-state index in [1.165, 1.54) is 5.69 Å². The first-order valence-electron chi connectivity index (χ1n) is 6.49. The molecule has 0 fully saturated rings. The number of aryl methyl sites for hydroxylation is 1. The summed E-state index contributed by atoms with van der Waals surface area (Å²) in [5, 5.41) is 8.26. The maximum atomic E-state index is 11.4. The van der Waals surface area contributed by atoms with E-state index in [2.05, 4.69) is 20.0 Å². The average molecular weight is 280 g/mol. The predicted octanol–water partition coefficient (Wildman–Crippen LogP) is 1.57. The number of carbonyl (C=O) groups excluding carboxylic acids is 1. The molecule has 2 N–H and O–H groups in total. The number of hydrogen-bond acceptors (Lipinski definition) is 4. The Hall–Kier alpha value is -1.40. The third-order valence-corrected chi connectivity index (χ3v) is 3.74. The number of fused-ring (bicyclic) bond motifs is 1. The van der Waals surface area contributed by atoms with Gasteiger partial charge in [-0.15, -0.1) is 11.3 Å². The SMILES string of the molecule is Cc1nc2sccn2c1CNCCNC(=O)C(C)C. The molecule has 1 amide bonds. The maximum Gasteiger partial charge on any atom is 0.222 e. The Morgan fingerprint density at radius 3 is 3.00 bits per heavy atom. The van der Waals surface area contributed by atoms with Crippen LogP contribution >= 0.6 is 11.3 Å². The molecule has 2 aromatic heterocycles. The first-order chi connectivity index (χ1) is 9.09. The van der Waals surface area contributed by atoms with Crippen LogP contribution in [0.15, 0.2) is 11.6 Å². The minimum absolute atomic E-state index is 0.0440. The summed E-state index contributed by atoms with van der Waals surface area (Å²) < 4.78 is 2.11. The number of amides is 1. The van der Waals surface area contributed by atoms with Crippen LogP contribution < -0.4 is 10.6 Å². The molecule has 5 nitrogen and oxygen atoms in total. The van der Waals surface area contributed by atoms with E-state index in [1.54, 1.807) is 11.3 Å². The zero-order valence-electron chi connectivity index (χ0n) is 11.6. The van der Waals surface area contributed by atoms with Crippen molar-refractivity contribution in [3.63, 3.8) is 0 Å². The van der Waals surface area contributed by atoms with E-state index in [1.807, 2.05) is 32.3 Å². The van der Waals surface area contributed by atoms with E-state index in [9.17, 15) is 4.79 Å². The van der Waals surface area contributed by atoms with Crippen molar-refractivity contribution in [2.24, 2.45) is 5.92 Å². The van der Waals surface area contributed by atoms with E-state index in [0.717, 1.165) is 23.7 Å². The minimum Gasteiger partial charge on any atom is -0.355 e. The van der Waals surface area contributed by atoms with Crippen LogP contribution in [-0.4, -0.2) is 28.4 Å². The average Bonchev–Trinajstić information content (AvgIpc) is 2.90. The van der Waals surface area contributed by atoms with Crippen molar-refractivity contribution < 1.29 is 4.79 Å². The number of aromatic nitrogens is 2. The van der Waals surface area contributed by atoms with Crippen molar-refractivity contribution in [1.82, 2.24) is 20.0 Å². The molecular formula is C13H20N4OS. The van der Waals surface area contributed by atoms with Gasteiger partial charge in [-0.05, 0) is 6.92 Å². The van der Waals surface area contributed by atoms with Crippen LogP contribution in [0.25, 0.3) is 4.96 Å². The lowest BCUT2D eigenvalue weighted by molar-refractivity contribution is -0.123. The Morgan fingerprint density at radius 2 is 2.26 bits per heavy atom. The van der Waals surface area contributed by atoms with Crippen LogP contribution in [0.3, 0.4) is 0 Å². The fourth-order valence-corrected chi connectivity index (χ4v) is 2.62. The highest BCUT2D eigenvalue weighted by molar-refractivity contribution is 7.15. The van der Waals surface area contributed by atoms with Gasteiger partial charge < -0.3 is 10.6 Å². The summed E-state index contributed by atoms with van der Waals surface area (Å²) in [6, 6.07) is 0. The van der Waals surface area contributed by atoms with Gasteiger partial charge in [0.2, 0.25) is 5.91 Å². The first-order valence-corrected chi connectivity index (χ1v) is 7.37. The van der Waals surface area contributed by atoms with Crippen molar-refractivity contribution in [2.75, 3.05) is 13.1 Å². The van der Waals surface area contributed by atoms with Gasteiger partial charge in [0, 0.05) is 37.1 Å². The van der Waals surface area contributed by atoms with Crippen LogP contribution in [0.2, 0.25) is 0 Å². The normalized spacial score (nSPS) is 11.4. The Labute approximate surface area is 117 Å². The summed E-state index contributed by atoms with van der Waals surface area (Å²) in [6.45, 7) is 7.99. The van der Waals surface area contributed by atoms with Crippen molar-refractivity contribution >= 4 is 22.2 Å². The molecule has 19 heavy (non-hydrogen) atoms. The number of hydrogen-bond donors (Lipinski definition) is 2. The van der Waals surface area contributed by atoms with Gasteiger partial charge in [0.1, 0.15) is 0 Å². The van der Waals surface area contributed by atoms with Crippen molar-refractivity contribution in [3.05, 3.63) is 23.0 Å². The summed E-state index contributed by atoms with van der Waals surface area (Å²) in [5.41, 5.74) is 2.25. The number of nitrogens with one attached hydrogen (secondary N) is 2. The van der Waals surface area contributed by atoms with Crippen molar-refractivity contribution in [3.8, 4) is 0 Å². The van der Waals surface area contributed by atoms with Gasteiger partial charge in [0.05, 0.1) is 11.4 Å². The first kappa shape index (κ1) is 14.0. The molecule has 0 spiro atoms. The fraction of sp³-hybridized carbons (Fsp3) is 0.538. The van der Waals surface area contributed by atoms with Crippen LogP contribution in [0.5, 0.6) is 0 Å². The van der Waals surface area contributed by atoms with E-state index >= 15 is 0 Å². The second kappa shape index (κ2) is 6.16. The van der Waals surface area contributed by atoms with Gasteiger partial charge in [0.25, 0.3) is 0 Å². The quantitative estimate of drug-likeness (QED) is 0.790. The lowest BCUT2D eigenvalue weighted by atomic mass is 10.2. The minimum atomic E-state index is 0.0440. The standard InChI is InChI=1S/C13H20N4OS/c1-9(2)12(18)15-5-4-14-8-11-10(3)16-13-17(11)6-7-19-13/h6-7,9,14H,4-5,8H2,1-3H3,(H,15,18). The van der Waals surface area contributed by atoms with Crippen LogP contribution in [0, 0.1) is 12.8 Å². The lowest BCUT2D eigenvalue weighted by Gasteiger charge is -2.08. The number of carbonyl (C=O) groups is 1. The molecule has 0 aliphatic rings. The Kier molecular flexibility index (Phi) is 4.55. The van der Waals surface area contributed by atoms with Gasteiger partial charge in [-0.3, -0.25) is 9.20 Å². The van der Waals surface area contributed by atoms with Crippen LogP contribution in [-0.2, 0) is 11.3 Å². The molecule has 2 heterocycles. The molecule has 0 unspecified atom stereocenters. The zero-order valence-corrected chi connectivity index (χ0v) is 12.4. The highest BCUT2D eigenvalue weighted by atomic mass is 32.1. The summed E-state index contributed by atoms with van der Waals surface area (Å²) in [6.07, 6.45) is 2.04. The number of thiazole rings is 1. The molecule has 104 valence electrons. The zero-order chi connectivity index (χ0) is 13.8. The molecule has 0 aliphatic heterocycles. The monoisotopic (exact) mass is 280 g/mol. The summed E-state index contributed by atoms with van der Waals surface area (Å²) in [4.78, 5) is 16.9. The predicted molar refractivity (Wildman–Crippen MR) is 77.4 cm³/mol. The van der Waals surface area contributed by atoms with Crippen molar-refractivity contribution in [1.29, 1.82) is 0 Å². The Morgan fingerprint density at radius 1 is 1.47 bits per heavy atom. The molecule has 0 aliphatic carbocycles. The van der Waals surface area contributed by atoms with Crippen molar-refractivity contribution in [2.45, 2.75) is 27.3 Å². The molecule has 0 saturated heterocycles. The van der Waals surface area contributed by atoms with Gasteiger partial charge in [-0.25, -0.2) is 4.98 Å². The van der Waals surface area contributed by atoms with E-state index in [0.29, 0.717) is 6.54 Å². The second-order valence-electron chi connectivity index (χ2n) is 4.82. The molecule has 6 heteroatoms. The molecule has 2 rings (SSSR count). The molecule has 0 atom stereocenters. The molecule has 2 aromatic rings. The highest BCUT2D eigenvalue weighted by Crippen LogP contribution is 2.16. The number of imidazole rings is 1. The van der Waals surface area contributed by atoms with Crippen LogP contribution in [0.4, 0.5) is 0 Å². The van der Waals surface area contributed by atoms with Gasteiger partial charge in [0.15, 0.2) is 4.96 Å². The molecule has 0 bridgehead atoms. The summed E-state index contributed by atoms with van der Waals surface area (Å²) in [5.74, 6) is 0.144.